The van der Waals surface area contributed by atoms with Gasteiger partial charge in [-0.25, -0.2) is 0 Å². The first-order valence-electron chi connectivity index (χ1n) is 8.47. The molecule has 27 heavy (non-hydrogen) atoms. The Morgan fingerprint density at radius 3 is 0.926 bits per heavy atom. The predicted octanol–water partition coefficient (Wildman–Crippen LogP) is 5.67. The molecule has 1 fully saturated rings. The van der Waals surface area contributed by atoms with Gasteiger partial charge in [0.05, 0.1) is 0 Å². The van der Waals surface area contributed by atoms with Crippen molar-refractivity contribution < 1.29 is 51.6 Å². The van der Waals surface area contributed by atoms with Crippen molar-refractivity contribution in [3.63, 3.8) is 0 Å². The average Bonchev–Trinajstić information content (AvgIpc) is 2.23. The summed E-state index contributed by atoms with van der Waals surface area (Å²) in [7, 11) is -12.0. The summed E-state index contributed by atoms with van der Waals surface area (Å²) in [5.41, 5.74) is 0.444. The van der Waals surface area contributed by atoms with Crippen LogP contribution in [0.3, 0.4) is 0 Å². The molecule has 1 saturated carbocycles. The van der Waals surface area contributed by atoms with Crippen LogP contribution in [-0.4, -0.2) is 37.7 Å². The zero-order valence-corrected chi connectivity index (χ0v) is 17.4. The van der Waals surface area contributed by atoms with Crippen molar-refractivity contribution in [1.82, 2.24) is 10.6 Å². The largest absolute Gasteiger partial charge is 2.00 e. The summed E-state index contributed by atoms with van der Waals surface area (Å²) in [6.45, 7) is 13.6. The topological polar surface area (TPSA) is 24.1 Å². The maximum Gasteiger partial charge on any atom is 2.00 e. The van der Waals surface area contributed by atoms with E-state index in [0.717, 1.165) is 0 Å². The molecule has 0 amide bonds. The van der Waals surface area contributed by atoms with E-state index in [1.165, 1.54) is 25.7 Å². The van der Waals surface area contributed by atoms with Gasteiger partial charge in [-0.3, -0.25) is 0 Å². The van der Waals surface area contributed by atoms with Gasteiger partial charge < -0.3 is 45.2 Å². The summed E-state index contributed by atoms with van der Waals surface area (Å²) in [4.78, 5) is 0. The number of hydrogen-bond donors (Lipinski definition) is 2. The van der Waals surface area contributed by atoms with Gasteiger partial charge in [0, 0.05) is 23.2 Å². The molecule has 0 heterocycles. The molecule has 0 spiro atoms. The molecule has 1 aliphatic carbocycles. The summed E-state index contributed by atoms with van der Waals surface area (Å²) < 4.78 is 78.0. The number of hydrogen-bond acceptors (Lipinski definition) is 2. The van der Waals surface area contributed by atoms with Crippen LogP contribution in [0.5, 0.6) is 0 Å². The fourth-order valence-corrected chi connectivity index (χ4v) is 2.59. The molecule has 1 radical (unpaired) electrons. The summed E-state index contributed by atoms with van der Waals surface area (Å²) in [5.74, 6) is 0. The Morgan fingerprint density at radius 1 is 0.593 bits per heavy atom. The van der Waals surface area contributed by atoms with Crippen LogP contribution in [0.4, 0.5) is 34.5 Å². The molecule has 13 heteroatoms. The molecule has 1 aliphatic rings. The van der Waals surface area contributed by atoms with Gasteiger partial charge in [-0.2, -0.15) is 0 Å². The van der Waals surface area contributed by atoms with E-state index in [4.69, 9.17) is 0 Å². The molecule has 0 saturated heterocycles. The van der Waals surface area contributed by atoms with Crippen molar-refractivity contribution in [2.45, 2.75) is 90.4 Å². The van der Waals surface area contributed by atoms with Crippen molar-refractivity contribution in [2.75, 3.05) is 0 Å². The quantitative estimate of drug-likeness (QED) is 0.407. The minimum absolute atomic E-state index is 0. The van der Waals surface area contributed by atoms with E-state index in [0.29, 0.717) is 12.1 Å². The van der Waals surface area contributed by atoms with Crippen LogP contribution < -0.4 is 10.6 Å². The van der Waals surface area contributed by atoms with E-state index in [-0.39, 0.29) is 28.1 Å². The summed E-state index contributed by atoms with van der Waals surface area (Å²) in [6, 6.07) is 1.26. The molecule has 0 aromatic heterocycles. The summed E-state index contributed by atoms with van der Waals surface area (Å²) in [6.07, 6.45) is 5.36. The predicted molar refractivity (Wildman–Crippen MR) is 92.2 cm³/mol. The van der Waals surface area contributed by atoms with Crippen molar-refractivity contribution in [3.8, 4) is 0 Å². The van der Waals surface area contributed by atoms with Crippen LogP contribution in [-0.2, 0) is 17.1 Å². The molecular weight excluding hydrogens is 433 g/mol. The Bertz CT molecular complexity index is 333. The zero-order valence-electron chi connectivity index (χ0n) is 16.5. The second-order valence-electron chi connectivity index (χ2n) is 8.28. The second kappa shape index (κ2) is 12.5. The van der Waals surface area contributed by atoms with Crippen LogP contribution >= 0.6 is 0 Å². The Kier molecular flexibility index (Phi) is 14.7. The zero-order chi connectivity index (χ0) is 21.4. The Hall–Kier alpha value is 0.00935. The smallest absolute Gasteiger partial charge is 0.418 e. The first-order valence-corrected chi connectivity index (χ1v) is 8.47. The maximum absolute atomic E-state index is 9.75. The molecule has 0 bridgehead atoms. The van der Waals surface area contributed by atoms with E-state index in [1.54, 1.807) is 0 Å². The fourth-order valence-electron chi connectivity index (χ4n) is 2.59. The number of halogens is 8. The van der Waals surface area contributed by atoms with Crippen molar-refractivity contribution in [3.05, 3.63) is 0 Å². The van der Waals surface area contributed by atoms with E-state index in [2.05, 4.69) is 52.2 Å². The van der Waals surface area contributed by atoms with Crippen molar-refractivity contribution in [1.29, 1.82) is 0 Å². The van der Waals surface area contributed by atoms with Gasteiger partial charge in [0.1, 0.15) is 0 Å². The Morgan fingerprint density at radius 2 is 0.778 bits per heavy atom. The van der Waals surface area contributed by atoms with Crippen LogP contribution in [0.2, 0.25) is 0 Å². The Labute approximate surface area is 167 Å². The van der Waals surface area contributed by atoms with Crippen LogP contribution in [0.25, 0.3) is 0 Å². The third kappa shape index (κ3) is 34.0. The first-order chi connectivity index (χ1) is 11.2. The van der Waals surface area contributed by atoms with Crippen LogP contribution in [0, 0.1) is 0 Å². The summed E-state index contributed by atoms with van der Waals surface area (Å²) >= 11 is 0. The molecule has 0 aromatic rings. The molecule has 169 valence electrons. The van der Waals surface area contributed by atoms with E-state index in [9.17, 15) is 34.5 Å². The summed E-state index contributed by atoms with van der Waals surface area (Å²) in [5, 5.41) is 7.54. The molecule has 2 atom stereocenters. The van der Waals surface area contributed by atoms with Crippen molar-refractivity contribution in [2.24, 2.45) is 0 Å². The van der Waals surface area contributed by atoms with Gasteiger partial charge in [0.2, 0.25) is 0 Å². The molecule has 2 unspecified atom stereocenters. The van der Waals surface area contributed by atoms with Gasteiger partial charge in [-0.05, 0) is 54.4 Å². The molecule has 0 aliphatic heterocycles. The van der Waals surface area contributed by atoms with E-state index >= 15 is 0 Å². The van der Waals surface area contributed by atoms with Gasteiger partial charge >= 0.3 is 31.6 Å². The van der Waals surface area contributed by atoms with Gasteiger partial charge in [0.25, 0.3) is 0 Å². The maximum atomic E-state index is 9.75. The third-order valence-corrected chi connectivity index (χ3v) is 3.00. The number of rotatable bonds is 2. The van der Waals surface area contributed by atoms with E-state index < -0.39 is 14.5 Å². The first kappa shape index (κ1) is 31.7. The monoisotopic (exact) mass is 463 g/mol. The standard InChI is InChI=1S/C14H30N2.2BF4.Cu/c1-13(2,3)15-11-9-7-8-10-12(11)16-14(4,5)6;2*2-1(3,4)5;/h11-12,15-16H,7-10H2,1-6H3;;;/q;2*-1;+2. The molecule has 2 nitrogen and oxygen atoms in total. The third-order valence-electron chi connectivity index (χ3n) is 3.00. The van der Waals surface area contributed by atoms with Crippen LogP contribution in [0.1, 0.15) is 67.2 Å². The van der Waals surface area contributed by atoms with Crippen LogP contribution in [0.15, 0.2) is 0 Å². The minimum atomic E-state index is -6.00. The van der Waals surface area contributed by atoms with Gasteiger partial charge in [-0.15, -0.1) is 0 Å². The molecule has 2 N–H and O–H groups in total. The molecule has 1 rings (SSSR count). The Balaban J connectivity index is -0.000000436. The fraction of sp³-hybridized carbons (Fsp3) is 1.00. The minimum Gasteiger partial charge on any atom is -0.418 e. The van der Waals surface area contributed by atoms with Gasteiger partial charge in [0.15, 0.2) is 0 Å². The van der Waals surface area contributed by atoms with Crippen molar-refractivity contribution >= 4 is 14.5 Å². The molecule has 0 aromatic carbocycles. The van der Waals surface area contributed by atoms with E-state index in [1.807, 2.05) is 0 Å². The second-order valence-corrected chi connectivity index (χ2v) is 8.28. The SMILES string of the molecule is CC(C)(C)NC1CCCCC1NC(C)(C)C.F[B-](F)(F)F.F[B-](F)(F)F.[Cu+2]. The number of nitrogens with one attached hydrogen (secondary N) is 2. The average molecular weight is 464 g/mol. The molecular formula is C14H30B2CuF8N2. The normalized spacial score (nSPS) is 21.1. The van der Waals surface area contributed by atoms with Gasteiger partial charge in [-0.1, -0.05) is 12.8 Å².